The van der Waals surface area contributed by atoms with Gasteiger partial charge in [-0.05, 0) is 6.92 Å². The van der Waals surface area contributed by atoms with Crippen LogP contribution in [0.15, 0.2) is 0 Å². The molecule has 0 amide bonds. The molecule has 0 saturated carbocycles. The summed E-state index contributed by atoms with van der Waals surface area (Å²) in [5.41, 5.74) is 0. The third-order valence-electron chi connectivity index (χ3n) is 1.38. The molecule has 1 atom stereocenters. The molecule has 0 aliphatic rings. The number of rotatable bonds is 6. The van der Waals surface area contributed by atoms with Gasteiger partial charge < -0.3 is 14.9 Å². The van der Waals surface area contributed by atoms with Gasteiger partial charge in [0.2, 0.25) is 0 Å². The lowest BCUT2D eigenvalue weighted by Gasteiger charge is -2.11. The maximum atomic E-state index is 11.1. The minimum atomic E-state index is -0.894. The van der Waals surface area contributed by atoms with Crippen LogP contribution in [0.4, 0.5) is 0 Å². The van der Waals surface area contributed by atoms with Crippen molar-refractivity contribution in [2.75, 3.05) is 13.7 Å². The van der Waals surface area contributed by atoms with Crippen molar-refractivity contribution in [1.29, 1.82) is 5.41 Å². The zero-order valence-corrected chi connectivity index (χ0v) is 7.70. The number of hydrogen-bond acceptors (Lipinski definition) is 5. The van der Waals surface area contributed by atoms with Crippen molar-refractivity contribution in [2.45, 2.75) is 19.4 Å². The van der Waals surface area contributed by atoms with Gasteiger partial charge in [-0.3, -0.25) is 4.79 Å². The highest BCUT2D eigenvalue weighted by molar-refractivity contribution is 6.26. The van der Waals surface area contributed by atoms with E-state index in [0.29, 0.717) is 6.21 Å². The van der Waals surface area contributed by atoms with Crippen LogP contribution < -0.4 is 0 Å². The first-order valence-corrected chi connectivity index (χ1v) is 3.88. The normalized spacial score (nSPS) is 11.8. The molecule has 0 fully saturated rings. The van der Waals surface area contributed by atoms with E-state index in [2.05, 4.69) is 4.74 Å². The molecule has 0 radical (unpaired) electrons. The van der Waals surface area contributed by atoms with Gasteiger partial charge in [0.05, 0.1) is 12.8 Å². The Hall–Kier alpha value is -1.23. The number of esters is 1. The lowest BCUT2D eigenvalue weighted by molar-refractivity contribution is -0.156. The van der Waals surface area contributed by atoms with E-state index < -0.39 is 17.9 Å². The Morgan fingerprint density at radius 1 is 1.54 bits per heavy atom. The number of carbonyl (C=O) groups is 2. The molecule has 0 spiro atoms. The molecule has 0 aliphatic heterocycles. The van der Waals surface area contributed by atoms with Gasteiger partial charge in [-0.15, -0.1) is 0 Å². The van der Waals surface area contributed by atoms with Gasteiger partial charge in [-0.2, -0.15) is 0 Å². The van der Waals surface area contributed by atoms with Crippen molar-refractivity contribution in [3.63, 3.8) is 0 Å². The van der Waals surface area contributed by atoms with E-state index in [4.69, 9.17) is 10.1 Å². The summed E-state index contributed by atoms with van der Waals surface area (Å²) in [6, 6.07) is 0. The largest absolute Gasteiger partial charge is 0.464 e. The Morgan fingerprint density at radius 3 is 2.54 bits per heavy atom. The van der Waals surface area contributed by atoms with Crippen molar-refractivity contribution in [3.8, 4) is 0 Å². The summed E-state index contributed by atoms with van der Waals surface area (Å²) in [7, 11) is 1.32. The van der Waals surface area contributed by atoms with Crippen molar-refractivity contribution in [1.82, 2.24) is 0 Å². The van der Waals surface area contributed by atoms with Crippen LogP contribution in [0.1, 0.15) is 13.3 Å². The number of methoxy groups -OCH3 is 1. The van der Waals surface area contributed by atoms with E-state index in [-0.39, 0.29) is 13.0 Å². The average Bonchev–Trinajstić information content (AvgIpc) is 2.14. The quantitative estimate of drug-likeness (QED) is 0.475. The van der Waals surface area contributed by atoms with E-state index in [1.54, 1.807) is 6.92 Å². The van der Waals surface area contributed by atoms with Crippen molar-refractivity contribution in [2.24, 2.45) is 0 Å². The zero-order valence-electron chi connectivity index (χ0n) is 7.70. The summed E-state index contributed by atoms with van der Waals surface area (Å²) in [4.78, 5) is 21.8. The molecule has 0 bridgehead atoms. The summed E-state index contributed by atoms with van der Waals surface area (Å²) < 4.78 is 9.39. The van der Waals surface area contributed by atoms with Crippen LogP contribution in [0.3, 0.4) is 0 Å². The molecule has 0 aromatic carbocycles. The van der Waals surface area contributed by atoms with E-state index in [9.17, 15) is 9.59 Å². The maximum Gasteiger partial charge on any atom is 0.335 e. The first-order valence-electron chi connectivity index (χ1n) is 3.88. The van der Waals surface area contributed by atoms with Crippen LogP contribution in [-0.4, -0.2) is 37.8 Å². The highest BCUT2D eigenvalue weighted by Gasteiger charge is 2.21. The van der Waals surface area contributed by atoms with Crippen molar-refractivity contribution >= 4 is 18.0 Å². The van der Waals surface area contributed by atoms with Gasteiger partial charge in [-0.1, -0.05) is 0 Å². The Bertz CT molecular complexity index is 202. The van der Waals surface area contributed by atoms with Crippen LogP contribution in [0, 0.1) is 5.41 Å². The smallest absolute Gasteiger partial charge is 0.335 e. The van der Waals surface area contributed by atoms with E-state index in [0.717, 1.165) is 0 Å². The molecule has 0 saturated heterocycles. The molecule has 1 N–H and O–H groups in total. The molecule has 5 heteroatoms. The second-order valence-corrected chi connectivity index (χ2v) is 2.29. The van der Waals surface area contributed by atoms with E-state index in [1.807, 2.05) is 0 Å². The number of carbonyl (C=O) groups excluding carboxylic acids is 2. The Balaban J connectivity index is 4.08. The molecular weight excluding hydrogens is 174 g/mol. The number of hydrogen-bond donors (Lipinski definition) is 1. The SMILES string of the molecule is CCOC(=O)C(CC(=O)C=N)OC. The highest BCUT2D eigenvalue weighted by atomic mass is 16.6. The molecule has 13 heavy (non-hydrogen) atoms. The molecule has 74 valence electrons. The molecule has 0 aliphatic carbocycles. The van der Waals surface area contributed by atoms with Gasteiger partial charge in [0.15, 0.2) is 11.9 Å². The van der Waals surface area contributed by atoms with Crippen molar-refractivity contribution in [3.05, 3.63) is 0 Å². The Labute approximate surface area is 76.5 Å². The predicted molar refractivity (Wildman–Crippen MR) is 45.8 cm³/mol. The number of ketones is 1. The molecule has 0 rings (SSSR count). The highest BCUT2D eigenvalue weighted by Crippen LogP contribution is 2.00. The minimum Gasteiger partial charge on any atom is -0.464 e. The third-order valence-corrected chi connectivity index (χ3v) is 1.38. The Kier molecular flexibility index (Phi) is 5.71. The fourth-order valence-corrected chi connectivity index (χ4v) is 0.740. The fraction of sp³-hybridized carbons (Fsp3) is 0.625. The molecule has 0 aromatic heterocycles. The molecular formula is C8H13NO4. The molecule has 0 aromatic rings. The standard InChI is InChI=1S/C8H13NO4/c1-3-13-8(11)7(12-2)4-6(10)5-9/h5,7,9H,3-4H2,1-2H3. The van der Waals surface area contributed by atoms with Crippen LogP contribution in [-0.2, 0) is 19.1 Å². The van der Waals surface area contributed by atoms with Crippen molar-refractivity contribution < 1.29 is 19.1 Å². The second kappa shape index (κ2) is 6.30. The number of nitrogens with one attached hydrogen (secondary N) is 1. The van der Waals surface area contributed by atoms with Crippen LogP contribution in [0.2, 0.25) is 0 Å². The van der Waals surface area contributed by atoms with Gasteiger partial charge in [0, 0.05) is 13.5 Å². The molecule has 0 heterocycles. The van der Waals surface area contributed by atoms with Gasteiger partial charge in [-0.25, -0.2) is 4.79 Å². The minimum absolute atomic E-state index is 0.140. The fourth-order valence-electron chi connectivity index (χ4n) is 0.740. The summed E-state index contributed by atoms with van der Waals surface area (Å²) in [6.45, 7) is 1.92. The van der Waals surface area contributed by atoms with E-state index in [1.165, 1.54) is 7.11 Å². The summed E-state index contributed by atoms with van der Waals surface area (Å²) >= 11 is 0. The zero-order chi connectivity index (χ0) is 10.3. The molecule has 5 nitrogen and oxygen atoms in total. The topological polar surface area (TPSA) is 76.5 Å². The van der Waals surface area contributed by atoms with Crippen LogP contribution in [0.25, 0.3) is 0 Å². The first kappa shape index (κ1) is 11.8. The number of Topliss-reactive ketones (excluding diaryl/α,β-unsaturated/α-hetero) is 1. The second-order valence-electron chi connectivity index (χ2n) is 2.29. The number of ether oxygens (including phenoxy) is 2. The third kappa shape index (κ3) is 4.37. The first-order chi connectivity index (χ1) is 6.15. The lowest BCUT2D eigenvalue weighted by Crippen LogP contribution is -2.28. The van der Waals surface area contributed by atoms with E-state index >= 15 is 0 Å². The molecule has 1 unspecified atom stereocenters. The summed E-state index contributed by atoms with van der Waals surface area (Å²) in [5.74, 6) is -1.03. The lowest BCUT2D eigenvalue weighted by atomic mass is 10.2. The summed E-state index contributed by atoms with van der Waals surface area (Å²) in [6.07, 6.45) is -0.376. The Morgan fingerprint density at radius 2 is 2.15 bits per heavy atom. The van der Waals surface area contributed by atoms with Gasteiger partial charge in [0.1, 0.15) is 0 Å². The van der Waals surface area contributed by atoms with Gasteiger partial charge >= 0.3 is 5.97 Å². The predicted octanol–water partition coefficient (Wildman–Crippen LogP) is 0.173. The van der Waals surface area contributed by atoms with Gasteiger partial charge in [0.25, 0.3) is 0 Å². The monoisotopic (exact) mass is 187 g/mol. The summed E-state index contributed by atoms with van der Waals surface area (Å²) in [5, 5.41) is 6.64. The van der Waals surface area contributed by atoms with Crippen LogP contribution in [0.5, 0.6) is 0 Å². The maximum absolute atomic E-state index is 11.1. The average molecular weight is 187 g/mol. The van der Waals surface area contributed by atoms with Crippen LogP contribution >= 0.6 is 0 Å².